The minimum Gasteiger partial charge on any atom is -0.336 e. The van der Waals surface area contributed by atoms with Crippen LogP contribution in [0.15, 0.2) is 28.7 Å². The maximum atomic E-state index is 12.1. The van der Waals surface area contributed by atoms with E-state index in [0.717, 1.165) is 30.3 Å². The number of rotatable bonds is 3. The van der Waals surface area contributed by atoms with Crippen molar-refractivity contribution in [1.29, 1.82) is 0 Å². The first-order chi connectivity index (χ1) is 9.06. The summed E-state index contributed by atoms with van der Waals surface area (Å²) in [6, 6.07) is 8.98. The van der Waals surface area contributed by atoms with Crippen molar-refractivity contribution < 1.29 is 4.79 Å². The van der Waals surface area contributed by atoms with Gasteiger partial charge in [0.1, 0.15) is 0 Å². The fourth-order valence-corrected chi connectivity index (χ4v) is 2.80. The van der Waals surface area contributed by atoms with Crippen LogP contribution in [0, 0.1) is 0 Å². The average molecular weight is 325 g/mol. The molecular weight excluding hydrogens is 304 g/mol. The second-order valence-corrected chi connectivity index (χ2v) is 6.34. The molecule has 0 spiro atoms. The molecular formula is C15H21BrN2O. The van der Waals surface area contributed by atoms with Gasteiger partial charge in [-0.15, -0.1) is 0 Å². The summed E-state index contributed by atoms with van der Waals surface area (Å²) >= 11 is 3.45. The van der Waals surface area contributed by atoms with Crippen LogP contribution in [0.3, 0.4) is 0 Å². The lowest BCUT2D eigenvalue weighted by Gasteiger charge is -2.26. The summed E-state index contributed by atoms with van der Waals surface area (Å²) in [4.78, 5) is 14.1. The Morgan fingerprint density at radius 1 is 1.42 bits per heavy atom. The maximum Gasteiger partial charge on any atom is 0.317 e. The lowest BCUT2D eigenvalue weighted by Crippen LogP contribution is -2.45. The first-order valence-electron chi connectivity index (χ1n) is 6.88. The molecule has 1 atom stereocenters. The highest BCUT2D eigenvalue weighted by atomic mass is 79.9. The Hall–Kier alpha value is -1.03. The zero-order valence-electron chi connectivity index (χ0n) is 11.5. The smallest absolute Gasteiger partial charge is 0.317 e. The van der Waals surface area contributed by atoms with Crippen LogP contribution in [0.1, 0.15) is 32.3 Å². The van der Waals surface area contributed by atoms with Gasteiger partial charge in [-0.3, -0.25) is 0 Å². The van der Waals surface area contributed by atoms with E-state index < -0.39 is 0 Å². The lowest BCUT2D eigenvalue weighted by molar-refractivity contribution is 0.190. The number of amides is 2. The summed E-state index contributed by atoms with van der Waals surface area (Å²) in [5, 5.41) is 2.99. The van der Waals surface area contributed by atoms with Gasteiger partial charge < -0.3 is 10.2 Å². The molecule has 4 heteroatoms. The Labute approximate surface area is 123 Å². The van der Waals surface area contributed by atoms with E-state index in [1.54, 1.807) is 0 Å². The molecule has 1 heterocycles. The number of nitrogens with zero attached hydrogens (tertiary/aromatic N) is 1. The van der Waals surface area contributed by atoms with Crippen LogP contribution in [-0.4, -0.2) is 29.6 Å². The highest BCUT2D eigenvalue weighted by Crippen LogP contribution is 2.22. The van der Waals surface area contributed by atoms with E-state index >= 15 is 0 Å². The molecule has 0 radical (unpaired) electrons. The van der Waals surface area contributed by atoms with E-state index in [1.165, 1.54) is 5.56 Å². The van der Waals surface area contributed by atoms with Crippen molar-refractivity contribution in [2.45, 2.75) is 45.2 Å². The Morgan fingerprint density at radius 2 is 2.11 bits per heavy atom. The predicted molar refractivity (Wildman–Crippen MR) is 81.2 cm³/mol. The van der Waals surface area contributed by atoms with E-state index in [0.29, 0.717) is 6.04 Å². The Bertz CT molecular complexity index is 430. The molecule has 1 fully saturated rings. The topological polar surface area (TPSA) is 32.3 Å². The third-order valence-corrected chi connectivity index (χ3v) is 3.96. The van der Waals surface area contributed by atoms with Crippen molar-refractivity contribution >= 4 is 22.0 Å². The third kappa shape index (κ3) is 3.96. The Morgan fingerprint density at radius 3 is 2.74 bits per heavy atom. The van der Waals surface area contributed by atoms with Gasteiger partial charge >= 0.3 is 6.03 Å². The summed E-state index contributed by atoms with van der Waals surface area (Å²) in [5.41, 5.74) is 1.29. The molecule has 19 heavy (non-hydrogen) atoms. The molecule has 0 aromatic heterocycles. The number of hydrogen-bond acceptors (Lipinski definition) is 1. The molecule has 0 saturated carbocycles. The summed E-state index contributed by atoms with van der Waals surface area (Å²) in [5.74, 6) is 0. The minimum absolute atomic E-state index is 0.0783. The van der Waals surface area contributed by atoms with Crippen LogP contribution in [0.5, 0.6) is 0 Å². The molecule has 1 saturated heterocycles. The molecule has 3 nitrogen and oxygen atoms in total. The van der Waals surface area contributed by atoms with Gasteiger partial charge in [0, 0.05) is 23.1 Å². The number of halogens is 1. The van der Waals surface area contributed by atoms with Gasteiger partial charge in [-0.05, 0) is 50.8 Å². The minimum atomic E-state index is 0.0783. The SMILES string of the molecule is CC(C)NC(=O)N1CCCC1Cc1ccc(Br)cc1. The molecule has 0 bridgehead atoms. The number of urea groups is 1. The number of benzene rings is 1. The second kappa shape index (κ2) is 6.42. The summed E-state index contributed by atoms with van der Waals surface area (Å²) < 4.78 is 1.09. The molecule has 0 aliphatic carbocycles. The monoisotopic (exact) mass is 324 g/mol. The van der Waals surface area contributed by atoms with Crippen molar-refractivity contribution in [3.8, 4) is 0 Å². The maximum absolute atomic E-state index is 12.1. The van der Waals surface area contributed by atoms with Crippen LogP contribution in [-0.2, 0) is 6.42 Å². The quantitative estimate of drug-likeness (QED) is 0.905. The fraction of sp³-hybridized carbons (Fsp3) is 0.533. The standard InChI is InChI=1S/C15H21BrN2O/c1-11(2)17-15(19)18-9-3-4-14(18)10-12-5-7-13(16)8-6-12/h5-8,11,14H,3-4,9-10H2,1-2H3,(H,17,19). The van der Waals surface area contributed by atoms with E-state index in [2.05, 4.69) is 45.5 Å². The molecule has 1 aromatic rings. The van der Waals surface area contributed by atoms with Gasteiger partial charge in [0.05, 0.1) is 0 Å². The van der Waals surface area contributed by atoms with E-state index in [9.17, 15) is 4.79 Å². The van der Waals surface area contributed by atoms with Crippen molar-refractivity contribution in [2.75, 3.05) is 6.54 Å². The first-order valence-corrected chi connectivity index (χ1v) is 7.67. The molecule has 1 unspecified atom stereocenters. The van der Waals surface area contributed by atoms with Crippen LogP contribution < -0.4 is 5.32 Å². The van der Waals surface area contributed by atoms with E-state index in [-0.39, 0.29) is 12.1 Å². The van der Waals surface area contributed by atoms with Gasteiger partial charge in [-0.2, -0.15) is 0 Å². The van der Waals surface area contributed by atoms with E-state index in [4.69, 9.17) is 0 Å². The fourth-order valence-electron chi connectivity index (χ4n) is 2.54. The molecule has 1 N–H and O–H groups in total. The summed E-state index contributed by atoms with van der Waals surface area (Å²) in [7, 11) is 0. The largest absolute Gasteiger partial charge is 0.336 e. The van der Waals surface area contributed by atoms with E-state index in [1.807, 2.05) is 18.7 Å². The molecule has 1 aliphatic heterocycles. The number of carbonyl (C=O) groups is 1. The van der Waals surface area contributed by atoms with Gasteiger partial charge in [0.15, 0.2) is 0 Å². The number of likely N-dealkylation sites (tertiary alicyclic amines) is 1. The van der Waals surface area contributed by atoms with Crippen molar-refractivity contribution in [3.05, 3.63) is 34.3 Å². The van der Waals surface area contributed by atoms with Crippen LogP contribution in [0.4, 0.5) is 4.79 Å². The molecule has 104 valence electrons. The van der Waals surface area contributed by atoms with Gasteiger partial charge in [-0.1, -0.05) is 28.1 Å². The molecule has 2 rings (SSSR count). The van der Waals surface area contributed by atoms with Gasteiger partial charge in [0.25, 0.3) is 0 Å². The number of nitrogens with one attached hydrogen (secondary N) is 1. The summed E-state index contributed by atoms with van der Waals surface area (Å²) in [6.07, 6.45) is 3.15. The highest BCUT2D eigenvalue weighted by Gasteiger charge is 2.28. The van der Waals surface area contributed by atoms with Crippen LogP contribution in [0.2, 0.25) is 0 Å². The second-order valence-electron chi connectivity index (χ2n) is 5.42. The summed E-state index contributed by atoms with van der Waals surface area (Å²) in [6.45, 7) is 4.87. The number of carbonyl (C=O) groups excluding carboxylic acids is 1. The third-order valence-electron chi connectivity index (χ3n) is 3.43. The van der Waals surface area contributed by atoms with Crippen LogP contribution >= 0.6 is 15.9 Å². The first kappa shape index (κ1) is 14.4. The Kier molecular flexibility index (Phi) is 4.86. The number of hydrogen-bond donors (Lipinski definition) is 1. The molecule has 1 aliphatic rings. The highest BCUT2D eigenvalue weighted by molar-refractivity contribution is 9.10. The Balaban J connectivity index is 1.98. The molecule has 1 aromatic carbocycles. The van der Waals surface area contributed by atoms with Crippen molar-refractivity contribution in [2.24, 2.45) is 0 Å². The van der Waals surface area contributed by atoms with Gasteiger partial charge in [-0.25, -0.2) is 4.79 Å². The lowest BCUT2D eigenvalue weighted by atomic mass is 10.0. The normalized spacial score (nSPS) is 18.9. The van der Waals surface area contributed by atoms with Gasteiger partial charge in [0.2, 0.25) is 0 Å². The van der Waals surface area contributed by atoms with Crippen LogP contribution in [0.25, 0.3) is 0 Å². The average Bonchev–Trinajstić information content (AvgIpc) is 2.79. The van der Waals surface area contributed by atoms with Crippen molar-refractivity contribution in [3.63, 3.8) is 0 Å². The zero-order chi connectivity index (χ0) is 13.8. The molecule has 2 amide bonds. The van der Waals surface area contributed by atoms with Crippen molar-refractivity contribution in [1.82, 2.24) is 10.2 Å². The zero-order valence-corrected chi connectivity index (χ0v) is 13.1. The predicted octanol–water partition coefficient (Wildman–Crippen LogP) is 3.57.